The van der Waals surface area contributed by atoms with Gasteiger partial charge in [-0.2, -0.15) is 0 Å². The number of allylic oxidation sites excluding steroid dienone is 2. The summed E-state index contributed by atoms with van der Waals surface area (Å²) < 4.78 is 0. The van der Waals surface area contributed by atoms with E-state index in [1.165, 1.54) is 0 Å². The summed E-state index contributed by atoms with van der Waals surface area (Å²) in [4.78, 5) is 11.6. The van der Waals surface area contributed by atoms with Crippen LogP contribution < -0.4 is 5.32 Å². The molecule has 0 bridgehead atoms. The molecular formula is C10H19NO2. The number of carbonyl (C=O) groups excluding carboxylic acids is 1. The second kappa shape index (κ2) is 6.80. The highest BCUT2D eigenvalue weighted by molar-refractivity contribution is 5.86. The highest BCUT2D eigenvalue weighted by Crippen LogP contribution is 2.07. The van der Waals surface area contributed by atoms with Crippen LogP contribution in [0.1, 0.15) is 20.3 Å². The summed E-state index contributed by atoms with van der Waals surface area (Å²) in [6, 6.07) is -0.416. The molecule has 0 saturated carbocycles. The smallest absolute Gasteiger partial charge is 0.155 e. The molecule has 0 rings (SSSR count). The van der Waals surface area contributed by atoms with Crippen LogP contribution in [-0.2, 0) is 4.79 Å². The Morgan fingerprint density at radius 2 is 2.23 bits per heavy atom. The van der Waals surface area contributed by atoms with Crippen molar-refractivity contribution < 1.29 is 9.90 Å². The van der Waals surface area contributed by atoms with Crippen LogP contribution in [-0.4, -0.2) is 30.6 Å². The van der Waals surface area contributed by atoms with Gasteiger partial charge in [0.05, 0.1) is 12.6 Å². The SMILES string of the molecule is CC=CCC(C)C(=O)C(CO)NC. The summed E-state index contributed by atoms with van der Waals surface area (Å²) in [6.45, 7) is 3.68. The molecule has 0 aliphatic rings. The maximum atomic E-state index is 11.6. The van der Waals surface area contributed by atoms with Gasteiger partial charge in [-0.15, -0.1) is 0 Å². The Morgan fingerprint density at radius 3 is 2.62 bits per heavy atom. The third-order valence-corrected chi connectivity index (χ3v) is 2.09. The summed E-state index contributed by atoms with van der Waals surface area (Å²) in [6.07, 6.45) is 4.64. The number of likely N-dealkylation sites (N-methyl/N-ethyl adjacent to an activating group) is 1. The zero-order chi connectivity index (χ0) is 10.3. The van der Waals surface area contributed by atoms with Crippen LogP contribution in [0.5, 0.6) is 0 Å². The van der Waals surface area contributed by atoms with Crippen LogP contribution in [0.25, 0.3) is 0 Å². The molecule has 2 atom stereocenters. The molecule has 0 saturated heterocycles. The van der Waals surface area contributed by atoms with Crippen molar-refractivity contribution in [3.63, 3.8) is 0 Å². The molecule has 3 nitrogen and oxygen atoms in total. The lowest BCUT2D eigenvalue weighted by Gasteiger charge is -2.15. The average Bonchev–Trinajstić information content (AvgIpc) is 2.15. The third-order valence-electron chi connectivity index (χ3n) is 2.09. The van der Waals surface area contributed by atoms with Gasteiger partial charge in [-0.1, -0.05) is 19.1 Å². The van der Waals surface area contributed by atoms with Crippen LogP contribution in [0.3, 0.4) is 0 Å². The van der Waals surface area contributed by atoms with Crippen LogP contribution in [0, 0.1) is 5.92 Å². The first-order valence-electron chi connectivity index (χ1n) is 4.60. The standard InChI is InChI=1S/C10H19NO2/c1-4-5-6-8(2)10(13)9(7-12)11-3/h4-5,8-9,11-12H,6-7H2,1-3H3. The molecule has 0 fully saturated rings. The molecule has 76 valence electrons. The van der Waals surface area contributed by atoms with Gasteiger partial charge in [-0.3, -0.25) is 4.79 Å². The minimum absolute atomic E-state index is 0.0270. The zero-order valence-electron chi connectivity index (χ0n) is 8.58. The maximum absolute atomic E-state index is 11.6. The fourth-order valence-corrected chi connectivity index (χ4v) is 1.12. The van der Waals surface area contributed by atoms with Gasteiger partial charge in [0.25, 0.3) is 0 Å². The van der Waals surface area contributed by atoms with Crippen LogP contribution in [0.2, 0.25) is 0 Å². The number of Topliss-reactive ketones (excluding diaryl/α,β-unsaturated/α-hetero) is 1. The summed E-state index contributed by atoms with van der Waals surface area (Å²) in [5, 5.41) is 11.7. The van der Waals surface area contributed by atoms with E-state index in [0.717, 1.165) is 6.42 Å². The van der Waals surface area contributed by atoms with Gasteiger partial charge in [-0.25, -0.2) is 0 Å². The Bertz CT molecular complexity index is 174. The van der Waals surface area contributed by atoms with Crippen molar-refractivity contribution in [2.24, 2.45) is 5.92 Å². The third kappa shape index (κ3) is 4.20. The summed E-state index contributed by atoms with van der Waals surface area (Å²) in [5.41, 5.74) is 0. The summed E-state index contributed by atoms with van der Waals surface area (Å²) in [5.74, 6) is 0.0453. The number of nitrogens with one attached hydrogen (secondary N) is 1. The minimum Gasteiger partial charge on any atom is -0.394 e. The quantitative estimate of drug-likeness (QED) is 0.600. The number of carbonyl (C=O) groups is 1. The van der Waals surface area contributed by atoms with Gasteiger partial charge < -0.3 is 10.4 Å². The van der Waals surface area contributed by atoms with E-state index in [4.69, 9.17) is 5.11 Å². The average molecular weight is 185 g/mol. The summed E-state index contributed by atoms with van der Waals surface area (Å²) >= 11 is 0. The predicted octanol–water partition coefficient (Wildman–Crippen LogP) is 0.738. The lowest BCUT2D eigenvalue weighted by molar-refractivity contribution is -0.125. The number of rotatable bonds is 6. The lowest BCUT2D eigenvalue weighted by Crippen LogP contribution is -2.40. The second-order valence-corrected chi connectivity index (χ2v) is 3.13. The van der Waals surface area contributed by atoms with Gasteiger partial charge in [0, 0.05) is 5.92 Å². The van der Waals surface area contributed by atoms with Crippen molar-refractivity contribution in [3.05, 3.63) is 12.2 Å². The van der Waals surface area contributed by atoms with Crippen molar-refractivity contribution in [1.29, 1.82) is 0 Å². The minimum atomic E-state index is -0.416. The number of aliphatic hydroxyl groups excluding tert-OH is 1. The van der Waals surface area contributed by atoms with Gasteiger partial charge in [0.1, 0.15) is 0 Å². The topological polar surface area (TPSA) is 49.3 Å². The Morgan fingerprint density at radius 1 is 1.62 bits per heavy atom. The molecule has 0 radical (unpaired) electrons. The van der Waals surface area contributed by atoms with Crippen molar-refractivity contribution in [2.45, 2.75) is 26.3 Å². The van der Waals surface area contributed by atoms with Crippen molar-refractivity contribution >= 4 is 5.78 Å². The van der Waals surface area contributed by atoms with Crippen LogP contribution in [0.4, 0.5) is 0 Å². The Balaban J connectivity index is 4.06. The van der Waals surface area contributed by atoms with Crippen molar-refractivity contribution in [3.8, 4) is 0 Å². The Labute approximate surface area is 79.8 Å². The van der Waals surface area contributed by atoms with E-state index in [9.17, 15) is 4.79 Å². The molecule has 0 aliphatic heterocycles. The zero-order valence-corrected chi connectivity index (χ0v) is 8.58. The molecule has 3 heteroatoms. The molecule has 13 heavy (non-hydrogen) atoms. The van der Waals surface area contributed by atoms with E-state index < -0.39 is 6.04 Å². The molecule has 0 aromatic rings. The van der Waals surface area contributed by atoms with E-state index in [2.05, 4.69) is 5.32 Å². The highest BCUT2D eigenvalue weighted by atomic mass is 16.3. The first kappa shape index (κ1) is 12.3. The molecule has 2 N–H and O–H groups in total. The molecule has 0 amide bonds. The first-order valence-corrected chi connectivity index (χ1v) is 4.60. The van der Waals surface area contributed by atoms with E-state index in [0.29, 0.717) is 0 Å². The number of hydrogen-bond donors (Lipinski definition) is 2. The van der Waals surface area contributed by atoms with Gasteiger partial charge in [0.15, 0.2) is 5.78 Å². The van der Waals surface area contributed by atoms with Crippen molar-refractivity contribution in [2.75, 3.05) is 13.7 Å². The molecule has 0 aromatic carbocycles. The first-order chi connectivity index (χ1) is 6.17. The second-order valence-electron chi connectivity index (χ2n) is 3.13. The summed E-state index contributed by atoms with van der Waals surface area (Å²) in [7, 11) is 1.68. The number of aliphatic hydroxyl groups is 1. The molecule has 0 aliphatic carbocycles. The van der Waals surface area contributed by atoms with Gasteiger partial charge in [-0.05, 0) is 20.4 Å². The maximum Gasteiger partial charge on any atom is 0.155 e. The molecule has 0 aromatic heterocycles. The van der Waals surface area contributed by atoms with Gasteiger partial charge in [0.2, 0.25) is 0 Å². The van der Waals surface area contributed by atoms with Gasteiger partial charge >= 0.3 is 0 Å². The molecular weight excluding hydrogens is 166 g/mol. The van der Waals surface area contributed by atoms with Crippen LogP contribution in [0.15, 0.2) is 12.2 Å². The van der Waals surface area contributed by atoms with E-state index in [1.807, 2.05) is 26.0 Å². The lowest BCUT2D eigenvalue weighted by atomic mass is 9.97. The molecule has 0 heterocycles. The normalized spacial score (nSPS) is 16.0. The number of ketones is 1. The van der Waals surface area contributed by atoms with E-state index >= 15 is 0 Å². The fraction of sp³-hybridized carbons (Fsp3) is 0.700. The fourth-order valence-electron chi connectivity index (χ4n) is 1.12. The monoisotopic (exact) mass is 185 g/mol. The Kier molecular flexibility index (Phi) is 6.45. The Hall–Kier alpha value is -0.670. The van der Waals surface area contributed by atoms with Crippen LogP contribution >= 0.6 is 0 Å². The number of hydrogen-bond acceptors (Lipinski definition) is 3. The van der Waals surface area contributed by atoms with E-state index in [-0.39, 0.29) is 18.3 Å². The molecule has 0 spiro atoms. The molecule has 2 unspecified atom stereocenters. The van der Waals surface area contributed by atoms with Crippen molar-refractivity contribution in [1.82, 2.24) is 5.32 Å². The predicted molar refractivity (Wildman–Crippen MR) is 53.5 cm³/mol. The largest absolute Gasteiger partial charge is 0.394 e. The van der Waals surface area contributed by atoms with E-state index in [1.54, 1.807) is 7.05 Å². The highest BCUT2D eigenvalue weighted by Gasteiger charge is 2.20.